The third-order valence-corrected chi connectivity index (χ3v) is 17.5. The Morgan fingerprint density at radius 3 is 2.08 bits per heavy atom. The summed E-state index contributed by atoms with van der Waals surface area (Å²) in [5, 5.41) is 13.4. The van der Waals surface area contributed by atoms with E-state index in [4.69, 9.17) is 33.2 Å². The molecule has 6 fully saturated rings. The SMILES string of the molecule is CC1CC[C@@]2(OC1)O[C@H]1C[C@H]3[C@@H]4CC=C5C[C@@H](O[C@@H]6O[C@H](COCc7ccccc7)[C@H](OCc7ccccc7)[C@H](OCc7ccccc7)[C@H]6[N+](=O)[O-])CC[C@]5(C)[C@H]4CC[C@]3(C)[C@H]1[C@@H]2C. The number of nitro groups is 1. The molecule has 3 saturated heterocycles. The number of allylic oxidation sites excluding steroid dienone is 1. The largest absolute Gasteiger partial charge is 0.374 e. The number of hydrogen-bond acceptors (Lipinski definition) is 9. The van der Waals surface area contributed by atoms with Crippen LogP contribution in [0.1, 0.15) is 102 Å². The van der Waals surface area contributed by atoms with Crippen molar-refractivity contribution in [3.63, 3.8) is 0 Å². The summed E-state index contributed by atoms with van der Waals surface area (Å²) in [5.41, 5.74) is 4.68. The van der Waals surface area contributed by atoms with Gasteiger partial charge in [0.05, 0.1) is 45.2 Å². The zero-order valence-electron chi connectivity index (χ0n) is 38.3. The standard InChI is InChI=1S/C54H69NO9/c1-35-22-27-54(61-30-35)36(2)47-45(64-54)29-44-42-21-20-40-28-41(23-25-52(40,3)43(42)24-26-53(44,47)4)62-51-48(55(56)57)50(60-33-39-18-12-7-13-19-39)49(59-32-38-16-10-6-11-17-38)46(63-51)34-58-31-37-14-8-5-9-15-37/h5-20,35-36,41-51H,21-34H2,1-4H3/t35?,36-,41-,42+,43-,44-,45-,46+,47-,48+,49-,50+,51+,52-,53-,54+/m0/s1. The fourth-order valence-electron chi connectivity index (χ4n) is 14.1. The monoisotopic (exact) mass is 875 g/mol. The summed E-state index contributed by atoms with van der Waals surface area (Å²) in [5.74, 6) is 3.01. The van der Waals surface area contributed by atoms with E-state index in [-0.39, 0.29) is 47.8 Å². The van der Waals surface area contributed by atoms with E-state index in [0.717, 1.165) is 61.8 Å². The van der Waals surface area contributed by atoms with Gasteiger partial charge in [0.15, 0.2) is 11.9 Å². The van der Waals surface area contributed by atoms with Crippen LogP contribution in [0.2, 0.25) is 0 Å². The van der Waals surface area contributed by atoms with Gasteiger partial charge in [-0.1, -0.05) is 130 Å². The topological polar surface area (TPSA) is 108 Å². The first-order chi connectivity index (χ1) is 31.0. The predicted octanol–water partition coefficient (Wildman–Crippen LogP) is 10.5. The third kappa shape index (κ3) is 8.32. The van der Waals surface area contributed by atoms with E-state index >= 15 is 0 Å². The molecule has 0 bridgehead atoms. The van der Waals surface area contributed by atoms with E-state index in [1.165, 1.54) is 24.8 Å². The van der Waals surface area contributed by atoms with Crippen molar-refractivity contribution in [2.45, 2.75) is 154 Å². The zero-order valence-corrected chi connectivity index (χ0v) is 38.3. The summed E-state index contributed by atoms with van der Waals surface area (Å²) in [7, 11) is 0. The van der Waals surface area contributed by atoms with Gasteiger partial charge in [0.1, 0.15) is 12.2 Å². The van der Waals surface area contributed by atoms with E-state index in [0.29, 0.717) is 42.1 Å². The van der Waals surface area contributed by atoms with Gasteiger partial charge in [0, 0.05) is 17.3 Å². The lowest BCUT2D eigenvalue weighted by atomic mass is 9.47. The second-order valence-corrected chi connectivity index (χ2v) is 21.1. The first-order valence-electron chi connectivity index (χ1n) is 24.4. The zero-order chi connectivity index (χ0) is 44.1. The van der Waals surface area contributed by atoms with Gasteiger partial charge in [-0.3, -0.25) is 10.1 Å². The molecule has 0 aromatic heterocycles. The third-order valence-electron chi connectivity index (χ3n) is 17.5. The average Bonchev–Trinajstić information content (AvgIpc) is 3.75. The number of rotatable bonds is 13. The molecule has 3 aliphatic heterocycles. The lowest BCUT2D eigenvalue weighted by Crippen LogP contribution is -2.64. The van der Waals surface area contributed by atoms with E-state index in [1.807, 2.05) is 91.0 Å². The molecule has 0 amide bonds. The van der Waals surface area contributed by atoms with Crippen molar-refractivity contribution < 1.29 is 38.1 Å². The minimum atomic E-state index is -1.32. The molecule has 3 heterocycles. The lowest BCUT2D eigenvalue weighted by Gasteiger charge is -2.58. The number of hydrogen-bond donors (Lipinski definition) is 0. The van der Waals surface area contributed by atoms with Gasteiger partial charge in [-0.25, -0.2) is 0 Å². The Morgan fingerprint density at radius 1 is 0.781 bits per heavy atom. The van der Waals surface area contributed by atoms with E-state index in [2.05, 4.69) is 33.8 Å². The van der Waals surface area contributed by atoms with Crippen molar-refractivity contribution in [2.75, 3.05) is 13.2 Å². The molecule has 64 heavy (non-hydrogen) atoms. The Hall–Kier alpha value is -3.48. The molecule has 1 spiro atoms. The van der Waals surface area contributed by atoms with Gasteiger partial charge in [-0.15, -0.1) is 0 Å². The average molecular weight is 876 g/mol. The van der Waals surface area contributed by atoms with Crippen molar-refractivity contribution in [3.8, 4) is 0 Å². The van der Waals surface area contributed by atoms with Crippen LogP contribution in [0.15, 0.2) is 103 Å². The highest BCUT2D eigenvalue weighted by atomic mass is 16.7. The smallest absolute Gasteiger partial charge is 0.291 e. The van der Waals surface area contributed by atoms with Crippen LogP contribution in [0.4, 0.5) is 0 Å². The molecule has 16 atom stereocenters. The first-order valence-corrected chi connectivity index (χ1v) is 24.4. The molecule has 1 unspecified atom stereocenters. The van der Waals surface area contributed by atoms with Gasteiger partial charge < -0.3 is 33.2 Å². The molecule has 10 heteroatoms. The Labute approximate surface area is 379 Å². The van der Waals surface area contributed by atoms with Crippen molar-refractivity contribution in [1.29, 1.82) is 0 Å². The summed E-state index contributed by atoms with van der Waals surface area (Å²) in [6.07, 6.45) is 8.39. The highest BCUT2D eigenvalue weighted by Crippen LogP contribution is 2.70. The maximum atomic E-state index is 13.4. The number of fused-ring (bicyclic) bond motifs is 7. The molecule has 344 valence electrons. The van der Waals surface area contributed by atoms with Crippen molar-refractivity contribution in [3.05, 3.63) is 129 Å². The van der Waals surface area contributed by atoms with Gasteiger partial charge in [-0.05, 0) is 108 Å². The van der Waals surface area contributed by atoms with Crippen molar-refractivity contribution in [1.82, 2.24) is 0 Å². The molecule has 0 N–H and O–H groups in total. The molecule has 0 radical (unpaired) electrons. The predicted molar refractivity (Wildman–Crippen MR) is 242 cm³/mol. The maximum Gasteiger partial charge on any atom is 0.291 e. The second-order valence-electron chi connectivity index (χ2n) is 21.1. The van der Waals surface area contributed by atoms with Crippen LogP contribution < -0.4 is 0 Å². The second kappa shape index (κ2) is 18.3. The molecule has 10 nitrogen and oxygen atoms in total. The van der Waals surface area contributed by atoms with Crippen molar-refractivity contribution in [2.24, 2.45) is 46.3 Å². The Bertz CT molecular complexity index is 2080. The van der Waals surface area contributed by atoms with Crippen molar-refractivity contribution >= 4 is 0 Å². The highest BCUT2D eigenvalue weighted by Gasteiger charge is 2.69. The van der Waals surface area contributed by atoms with Crippen LogP contribution in [-0.4, -0.2) is 66.8 Å². The maximum absolute atomic E-state index is 13.4. The molecule has 10 rings (SSSR count). The van der Waals surface area contributed by atoms with Crippen LogP contribution in [0.5, 0.6) is 0 Å². The normalized spacial score (nSPS) is 41.4. The molecule has 7 aliphatic rings. The highest BCUT2D eigenvalue weighted by molar-refractivity contribution is 5.27. The Morgan fingerprint density at radius 2 is 1.44 bits per heavy atom. The van der Waals surface area contributed by atoms with Crippen LogP contribution in [0.3, 0.4) is 0 Å². The number of nitrogens with zero attached hydrogens (tertiary/aromatic N) is 1. The summed E-state index contributed by atoms with van der Waals surface area (Å²) in [4.78, 5) is 13.1. The van der Waals surface area contributed by atoms with E-state index < -0.39 is 36.4 Å². The number of ether oxygens (including phenoxy) is 7. The summed E-state index contributed by atoms with van der Waals surface area (Å²) in [6.45, 7) is 11.6. The van der Waals surface area contributed by atoms with Crippen LogP contribution in [0, 0.1) is 56.5 Å². The van der Waals surface area contributed by atoms with Gasteiger partial charge in [-0.2, -0.15) is 0 Å². The van der Waals surface area contributed by atoms with Crippen LogP contribution >= 0.6 is 0 Å². The minimum Gasteiger partial charge on any atom is -0.374 e. The Balaban J connectivity index is 0.873. The molecule has 3 aromatic carbocycles. The molecule has 3 saturated carbocycles. The fraction of sp³-hybridized carbons (Fsp3) is 0.630. The van der Waals surface area contributed by atoms with Crippen LogP contribution in [0.25, 0.3) is 0 Å². The number of benzene rings is 3. The van der Waals surface area contributed by atoms with Gasteiger partial charge >= 0.3 is 0 Å². The van der Waals surface area contributed by atoms with E-state index in [1.54, 1.807) is 0 Å². The molecular formula is C54H69NO9. The Kier molecular flexibility index (Phi) is 12.7. The van der Waals surface area contributed by atoms with E-state index in [9.17, 15) is 10.1 Å². The summed E-state index contributed by atoms with van der Waals surface area (Å²) >= 11 is 0. The minimum absolute atomic E-state index is 0.0690. The summed E-state index contributed by atoms with van der Waals surface area (Å²) < 4.78 is 46.9. The fourth-order valence-corrected chi connectivity index (χ4v) is 14.1. The molecule has 4 aliphatic carbocycles. The quantitative estimate of drug-likeness (QED) is 0.0942. The van der Waals surface area contributed by atoms with Gasteiger partial charge in [0.25, 0.3) is 6.04 Å². The molecule has 3 aromatic rings. The first kappa shape index (κ1) is 44.4. The van der Waals surface area contributed by atoms with Gasteiger partial charge in [0.2, 0.25) is 6.29 Å². The lowest BCUT2D eigenvalue weighted by molar-refractivity contribution is -0.578. The molecular weight excluding hydrogens is 807 g/mol. The summed E-state index contributed by atoms with van der Waals surface area (Å²) in [6, 6.07) is 28.3. The van der Waals surface area contributed by atoms with Crippen LogP contribution in [-0.2, 0) is 53.0 Å².